The molecule has 0 saturated carbocycles. The first kappa shape index (κ1) is 17.1. The number of nitrogens with one attached hydrogen (secondary N) is 1. The first-order chi connectivity index (χ1) is 11.1. The number of nitrogens with zero attached hydrogens (tertiary/aromatic N) is 2. The summed E-state index contributed by atoms with van der Waals surface area (Å²) in [6.07, 6.45) is 4.02. The number of hydrogen-bond donors (Lipinski definition) is 3. The number of aromatic nitrogens is 2. The Bertz CT molecular complexity index is 615. The molecule has 1 heterocycles. The third kappa shape index (κ3) is 5.43. The number of aryl methyl sites for hydroxylation is 2. The molecule has 0 spiro atoms. The lowest BCUT2D eigenvalue weighted by Crippen LogP contribution is -2.44. The van der Waals surface area contributed by atoms with E-state index in [2.05, 4.69) is 27.4 Å². The maximum atomic E-state index is 11.0. The van der Waals surface area contributed by atoms with E-state index in [-0.39, 0.29) is 0 Å². The van der Waals surface area contributed by atoms with Crippen LogP contribution in [0.5, 0.6) is 0 Å². The van der Waals surface area contributed by atoms with E-state index in [0.717, 1.165) is 24.2 Å². The minimum atomic E-state index is -1.08. The number of aliphatic carboxylic acids is 1. The van der Waals surface area contributed by atoms with Crippen LogP contribution in [0.3, 0.4) is 0 Å². The molecule has 6 nitrogen and oxygen atoms in total. The molecule has 0 aliphatic rings. The molecule has 23 heavy (non-hydrogen) atoms. The minimum absolute atomic E-state index is 0.292. The van der Waals surface area contributed by atoms with Crippen LogP contribution in [-0.2, 0) is 24.2 Å². The Morgan fingerprint density at radius 3 is 2.35 bits per heavy atom. The molecule has 0 saturated heterocycles. The molecule has 0 radical (unpaired) electrons. The molecule has 0 aliphatic carbocycles. The number of hydrogen-bond acceptors (Lipinski definition) is 5. The van der Waals surface area contributed by atoms with Crippen molar-refractivity contribution in [2.75, 3.05) is 0 Å². The average Bonchev–Trinajstić information content (AvgIpc) is 2.54. The van der Waals surface area contributed by atoms with Crippen LogP contribution in [0.4, 0.5) is 0 Å². The van der Waals surface area contributed by atoms with Crippen LogP contribution in [0.2, 0.25) is 0 Å². The van der Waals surface area contributed by atoms with Gasteiger partial charge >= 0.3 is 5.97 Å². The Morgan fingerprint density at radius 1 is 1.13 bits per heavy atom. The molecule has 1 aromatic carbocycles. The number of aliphatic hydroxyl groups excluding tert-OH is 1. The highest BCUT2D eigenvalue weighted by molar-refractivity contribution is 5.74. The summed E-state index contributed by atoms with van der Waals surface area (Å²) in [5, 5.41) is 21.2. The molecule has 0 bridgehead atoms. The van der Waals surface area contributed by atoms with Crippen LogP contribution in [0, 0.1) is 0 Å². The zero-order valence-corrected chi connectivity index (χ0v) is 13.0. The standard InChI is InChI=1S/C17H21N3O3/c1-12(21)16(17(22)23)20-11-14-9-18-15(19-10-14)8-7-13-5-3-2-4-6-13/h2-6,9-10,12,16,20-21H,7-8,11H2,1H3,(H,22,23)/t12-,16+/m1/s1. The predicted octanol–water partition coefficient (Wildman–Crippen LogP) is 1.19. The summed E-state index contributed by atoms with van der Waals surface area (Å²) in [6, 6.07) is 9.13. The maximum Gasteiger partial charge on any atom is 0.323 e. The average molecular weight is 315 g/mol. The van der Waals surface area contributed by atoms with E-state index in [9.17, 15) is 9.90 Å². The van der Waals surface area contributed by atoms with Gasteiger partial charge in [0.1, 0.15) is 11.9 Å². The Hall–Kier alpha value is -2.31. The van der Waals surface area contributed by atoms with Gasteiger partial charge in [0, 0.05) is 30.9 Å². The van der Waals surface area contributed by atoms with Crippen molar-refractivity contribution in [1.82, 2.24) is 15.3 Å². The molecule has 0 amide bonds. The number of carboxylic acids is 1. The molecule has 0 fully saturated rings. The maximum absolute atomic E-state index is 11.0. The first-order valence-electron chi connectivity index (χ1n) is 7.54. The number of rotatable bonds is 8. The Balaban J connectivity index is 1.85. The molecule has 1 aromatic heterocycles. The smallest absolute Gasteiger partial charge is 0.323 e. The Labute approximate surface area is 135 Å². The lowest BCUT2D eigenvalue weighted by molar-refractivity contribution is -0.142. The lowest BCUT2D eigenvalue weighted by Gasteiger charge is -2.16. The summed E-state index contributed by atoms with van der Waals surface area (Å²) in [5.41, 5.74) is 2.02. The third-order valence-electron chi connectivity index (χ3n) is 3.51. The van der Waals surface area contributed by atoms with Gasteiger partial charge in [-0.25, -0.2) is 9.97 Å². The summed E-state index contributed by atoms with van der Waals surface area (Å²) < 4.78 is 0. The van der Waals surface area contributed by atoms with E-state index >= 15 is 0 Å². The van der Waals surface area contributed by atoms with Gasteiger partial charge in [-0.3, -0.25) is 10.1 Å². The molecule has 0 unspecified atom stereocenters. The molecule has 3 N–H and O–H groups in total. The normalized spacial score (nSPS) is 13.5. The second kappa shape index (κ2) is 8.36. The van der Waals surface area contributed by atoms with Gasteiger partial charge in [-0.2, -0.15) is 0 Å². The Kier molecular flexibility index (Phi) is 6.19. The van der Waals surface area contributed by atoms with Crippen LogP contribution in [-0.4, -0.2) is 38.3 Å². The summed E-state index contributed by atoms with van der Waals surface area (Å²) in [6.45, 7) is 1.73. The van der Waals surface area contributed by atoms with Crippen LogP contribution in [0.25, 0.3) is 0 Å². The van der Waals surface area contributed by atoms with Gasteiger partial charge in [-0.15, -0.1) is 0 Å². The summed E-state index contributed by atoms with van der Waals surface area (Å²) >= 11 is 0. The van der Waals surface area contributed by atoms with Gasteiger partial charge in [0.25, 0.3) is 0 Å². The Morgan fingerprint density at radius 2 is 1.78 bits per heavy atom. The monoisotopic (exact) mass is 315 g/mol. The third-order valence-corrected chi connectivity index (χ3v) is 3.51. The van der Waals surface area contributed by atoms with Crippen LogP contribution < -0.4 is 5.32 Å². The summed E-state index contributed by atoms with van der Waals surface area (Å²) in [7, 11) is 0. The van der Waals surface area contributed by atoms with Crippen molar-refractivity contribution in [3.05, 3.63) is 59.7 Å². The summed E-state index contributed by atoms with van der Waals surface area (Å²) in [4.78, 5) is 19.6. The molecule has 122 valence electrons. The van der Waals surface area contributed by atoms with Crippen LogP contribution >= 0.6 is 0 Å². The molecule has 2 aromatic rings. The molecule has 6 heteroatoms. The molecular formula is C17H21N3O3. The molecule has 0 aliphatic heterocycles. The van der Waals surface area contributed by atoms with Gasteiger partial charge in [0.15, 0.2) is 0 Å². The van der Waals surface area contributed by atoms with Gasteiger partial charge in [-0.1, -0.05) is 30.3 Å². The summed E-state index contributed by atoms with van der Waals surface area (Å²) in [5.74, 6) is -0.330. The first-order valence-corrected chi connectivity index (χ1v) is 7.54. The van der Waals surface area contributed by atoms with Crippen molar-refractivity contribution < 1.29 is 15.0 Å². The zero-order chi connectivity index (χ0) is 16.7. The molecule has 2 rings (SSSR count). The zero-order valence-electron chi connectivity index (χ0n) is 13.0. The quantitative estimate of drug-likeness (QED) is 0.677. The highest BCUT2D eigenvalue weighted by atomic mass is 16.4. The van der Waals surface area contributed by atoms with E-state index in [1.54, 1.807) is 12.4 Å². The van der Waals surface area contributed by atoms with E-state index in [1.165, 1.54) is 12.5 Å². The molecule has 2 atom stereocenters. The van der Waals surface area contributed by atoms with Crippen molar-refractivity contribution >= 4 is 5.97 Å². The van der Waals surface area contributed by atoms with Crippen LogP contribution in [0.15, 0.2) is 42.7 Å². The van der Waals surface area contributed by atoms with E-state index in [1.807, 2.05) is 18.2 Å². The topological polar surface area (TPSA) is 95.3 Å². The van der Waals surface area contributed by atoms with E-state index in [4.69, 9.17) is 5.11 Å². The SMILES string of the molecule is C[C@@H](O)[C@H](NCc1cnc(CCc2ccccc2)nc1)C(=O)O. The highest BCUT2D eigenvalue weighted by Gasteiger charge is 2.22. The number of carboxylic acid groups (broad SMARTS) is 1. The fourth-order valence-corrected chi connectivity index (χ4v) is 2.19. The number of aliphatic hydroxyl groups is 1. The predicted molar refractivity (Wildman–Crippen MR) is 85.8 cm³/mol. The van der Waals surface area contributed by atoms with Gasteiger partial charge in [-0.05, 0) is 18.9 Å². The van der Waals surface area contributed by atoms with Crippen molar-refractivity contribution in [2.24, 2.45) is 0 Å². The van der Waals surface area contributed by atoms with Crippen LogP contribution in [0.1, 0.15) is 23.9 Å². The fourth-order valence-electron chi connectivity index (χ4n) is 2.19. The van der Waals surface area contributed by atoms with Crippen molar-refractivity contribution in [3.63, 3.8) is 0 Å². The molecular weight excluding hydrogens is 294 g/mol. The van der Waals surface area contributed by atoms with E-state index in [0.29, 0.717) is 6.54 Å². The second-order valence-corrected chi connectivity index (χ2v) is 5.43. The number of benzene rings is 1. The van der Waals surface area contributed by atoms with Crippen molar-refractivity contribution in [1.29, 1.82) is 0 Å². The van der Waals surface area contributed by atoms with Crippen molar-refractivity contribution in [2.45, 2.75) is 38.5 Å². The number of carbonyl (C=O) groups is 1. The minimum Gasteiger partial charge on any atom is -0.480 e. The largest absolute Gasteiger partial charge is 0.480 e. The highest BCUT2D eigenvalue weighted by Crippen LogP contribution is 2.05. The van der Waals surface area contributed by atoms with Gasteiger partial charge < -0.3 is 10.2 Å². The van der Waals surface area contributed by atoms with Crippen molar-refractivity contribution in [3.8, 4) is 0 Å². The van der Waals surface area contributed by atoms with Gasteiger partial charge in [0.2, 0.25) is 0 Å². The van der Waals surface area contributed by atoms with E-state index < -0.39 is 18.1 Å². The fraction of sp³-hybridized carbons (Fsp3) is 0.353. The second-order valence-electron chi connectivity index (χ2n) is 5.43. The van der Waals surface area contributed by atoms with Gasteiger partial charge in [0.05, 0.1) is 6.10 Å². The lowest BCUT2D eigenvalue weighted by atomic mass is 10.1.